The summed E-state index contributed by atoms with van der Waals surface area (Å²) in [5.74, 6) is -0.702. The lowest BCUT2D eigenvalue weighted by molar-refractivity contribution is -0.384. The standard InChI is InChI=1S/C20H22N2O6/c23-19(21-15-5-3-1-2-4-6-15)13-27-20(24)18-12-11-17(28-18)14-7-9-16(10-8-14)22(25)26/h7-12,15H,1-6,13H2,(H,21,23). The number of ether oxygens (including phenoxy) is 1. The fourth-order valence-corrected chi connectivity index (χ4v) is 3.25. The van der Waals surface area contributed by atoms with Gasteiger partial charge in [-0.1, -0.05) is 25.7 Å². The number of nitrogens with one attached hydrogen (secondary N) is 1. The van der Waals surface area contributed by atoms with E-state index in [0.29, 0.717) is 11.3 Å². The minimum absolute atomic E-state index is 0.0318. The third kappa shape index (κ3) is 5.18. The number of benzene rings is 1. The molecule has 0 spiro atoms. The quantitative estimate of drug-likeness (QED) is 0.349. The van der Waals surface area contributed by atoms with Gasteiger partial charge in [0, 0.05) is 23.7 Å². The summed E-state index contributed by atoms with van der Waals surface area (Å²) in [5.41, 5.74) is 0.561. The average Bonchev–Trinajstić information content (AvgIpc) is 3.05. The highest BCUT2D eigenvalue weighted by Gasteiger charge is 2.18. The van der Waals surface area contributed by atoms with E-state index in [0.717, 1.165) is 25.7 Å². The first-order valence-corrected chi connectivity index (χ1v) is 9.34. The van der Waals surface area contributed by atoms with Gasteiger partial charge < -0.3 is 14.5 Å². The molecule has 8 heteroatoms. The van der Waals surface area contributed by atoms with Crippen molar-refractivity contribution >= 4 is 17.6 Å². The van der Waals surface area contributed by atoms with Crippen molar-refractivity contribution in [1.82, 2.24) is 5.32 Å². The number of nitrogens with zero attached hydrogens (tertiary/aromatic N) is 1. The SMILES string of the molecule is O=C(COC(=O)c1ccc(-c2ccc([N+](=O)[O-])cc2)o1)NC1CCCCCC1. The second-order valence-electron chi connectivity index (χ2n) is 6.80. The molecule has 2 aromatic rings. The lowest BCUT2D eigenvalue weighted by Gasteiger charge is -2.15. The topological polar surface area (TPSA) is 112 Å². The Labute approximate surface area is 162 Å². The Morgan fingerprint density at radius 2 is 1.75 bits per heavy atom. The maximum Gasteiger partial charge on any atom is 0.374 e. The van der Waals surface area contributed by atoms with Gasteiger partial charge in [-0.05, 0) is 37.1 Å². The van der Waals surface area contributed by atoms with E-state index in [2.05, 4.69) is 5.32 Å². The maximum absolute atomic E-state index is 12.1. The Bertz CT molecular complexity index is 835. The van der Waals surface area contributed by atoms with Crippen molar-refractivity contribution in [2.75, 3.05) is 6.61 Å². The fourth-order valence-electron chi connectivity index (χ4n) is 3.25. The van der Waals surface area contributed by atoms with E-state index < -0.39 is 10.9 Å². The van der Waals surface area contributed by atoms with Crippen LogP contribution >= 0.6 is 0 Å². The summed E-state index contributed by atoms with van der Waals surface area (Å²) in [5, 5.41) is 13.6. The zero-order chi connectivity index (χ0) is 19.9. The molecule has 1 aromatic heterocycles. The zero-order valence-electron chi connectivity index (χ0n) is 15.4. The van der Waals surface area contributed by atoms with Gasteiger partial charge in [0.2, 0.25) is 5.76 Å². The van der Waals surface area contributed by atoms with Crippen molar-refractivity contribution in [2.24, 2.45) is 0 Å². The molecule has 0 saturated heterocycles. The molecule has 1 aliphatic rings. The van der Waals surface area contributed by atoms with Crippen LogP contribution < -0.4 is 5.32 Å². The molecule has 0 bridgehead atoms. The highest BCUT2D eigenvalue weighted by molar-refractivity contribution is 5.89. The molecule has 1 fully saturated rings. The molecule has 1 aromatic carbocycles. The largest absolute Gasteiger partial charge is 0.450 e. The number of rotatable bonds is 6. The third-order valence-corrected chi connectivity index (χ3v) is 4.72. The monoisotopic (exact) mass is 386 g/mol. The molecule has 0 radical (unpaired) electrons. The maximum atomic E-state index is 12.1. The van der Waals surface area contributed by atoms with E-state index in [9.17, 15) is 19.7 Å². The second kappa shape index (κ2) is 9.16. The predicted octanol–water partition coefficient (Wildman–Crippen LogP) is 3.85. The summed E-state index contributed by atoms with van der Waals surface area (Å²) in [6, 6.07) is 8.94. The first kappa shape index (κ1) is 19.6. The summed E-state index contributed by atoms with van der Waals surface area (Å²) in [6.45, 7) is -0.358. The highest BCUT2D eigenvalue weighted by atomic mass is 16.6. The van der Waals surface area contributed by atoms with Gasteiger partial charge in [0.25, 0.3) is 11.6 Å². The summed E-state index contributed by atoms with van der Waals surface area (Å²) < 4.78 is 10.5. The van der Waals surface area contributed by atoms with Crippen molar-refractivity contribution in [3.8, 4) is 11.3 Å². The fraction of sp³-hybridized carbons (Fsp3) is 0.400. The number of carbonyl (C=O) groups excluding carboxylic acids is 2. The number of carbonyl (C=O) groups is 2. The van der Waals surface area contributed by atoms with Gasteiger partial charge >= 0.3 is 5.97 Å². The number of furan rings is 1. The smallest absolute Gasteiger partial charge is 0.374 e. The minimum Gasteiger partial charge on any atom is -0.450 e. The first-order valence-electron chi connectivity index (χ1n) is 9.34. The Morgan fingerprint density at radius 1 is 1.07 bits per heavy atom. The van der Waals surface area contributed by atoms with Gasteiger partial charge in [0.1, 0.15) is 5.76 Å². The summed E-state index contributed by atoms with van der Waals surface area (Å²) in [7, 11) is 0. The molecule has 1 saturated carbocycles. The third-order valence-electron chi connectivity index (χ3n) is 4.72. The van der Waals surface area contributed by atoms with Crippen LogP contribution in [-0.2, 0) is 9.53 Å². The molecule has 28 heavy (non-hydrogen) atoms. The van der Waals surface area contributed by atoms with Crippen LogP contribution in [0.25, 0.3) is 11.3 Å². The molecule has 0 unspecified atom stereocenters. The number of esters is 1. The molecular formula is C20H22N2O6. The van der Waals surface area contributed by atoms with Crippen molar-refractivity contribution in [3.05, 3.63) is 52.3 Å². The number of amides is 1. The van der Waals surface area contributed by atoms with Gasteiger partial charge in [-0.25, -0.2) is 4.79 Å². The molecule has 1 amide bonds. The zero-order valence-corrected chi connectivity index (χ0v) is 15.4. The predicted molar refractivity (Wildman–Crippen MR) is 101 cm³/mol. The van der Waals surface area contributed by atoms with Gasteiger partial charge in [0.15, 0.2) is 6.61 Å². The molecule has 8 nitrogen and oxygen atoms in total. The van der Waals surface area contributed by atoms with Crippen LogP contribution in [0.3, 0.4) is 0 Å². The van der Waals surface area contributed by atoms with E-state index in [1.807, 2.05) is 0 Å². The van der Waals surface area contributed by atoms with E-state index in [1.54, 1.807) is 6.07 Å². The number of non-ortho nitro benzene ring substituents is 1. The van der Waals surface area contributed by atoms with E-state index >= 15 is 0 Å². The molecule has 1 aliphatic carbocycles. The summed E-state index contributed by atoms with van der Waals surface area (Å²) >= 11 is 0. The van der Waals surface area contributed by atoms with E-state index in [4.69, 9.17) is 9.15 Å². The van der Waals surface area contributed by atoms with Crippen LogP contribution in [0, 0.1) is 10.1 Å². The summed E-state index contributed by atoms with van der Waals surface area (Å²) in [4.78, 5) is 34.3. The van der Waals surface area contributed by atoms with Crippen molar-refractivity contribution in [3.63, 3.8) is 0 Å². The van der Waals surface area contributed by atoms with Crippen molar-refractivity contribution < 1.29 is 23.7 Å². The van der Waals surface area contributed by atoms with E-state index in [1.165, 1.54) is 43.2 Å². The number of hydrogen-bond acceptors (Lipinski definition) is 6. The van der Waals surface area contributed by atoms with Gasteiger partial charge in [-0.15, -0.1) is 0 Å². The van der Waals surface area contributed by atoms with Crippen LogP contribution in [0.15, 0.2) is 40.8 Å². The first-order chi connectivity index (χ1) is 13.5. The highest BCUT2D eigenvalue weighted by Crippen LogP contribution is 2.25. The molecule has 148 valence electrons. The van der Waals surface area contributed by atoms with E-state index in [-0.39, 0.29) is 30.0 Å². The normalized spacial score (nSPS) is 14.9. The van der Waals surface area contributed by atoms with Crippen LogP contribution in [0.1, 0.15) is 49.1 Å². The second-order valence-corrected chi connectivity index (χ2v) is 6.80. The van der Waals surface area contributed by atoms with Gasteiger partial charge in [-0.3, -0.25) is 14.9 Å². The van der Waals surface area contributed by atoms with Crippen LogP contribution in [-0.4, -0.2) is 29.4 Å². The number of nitro benzene ring substituents is 1. The molecule has 1 N–H and O–H groups in total. The molecule has 0 atom stereocenters. The Hall–Kier alpha value is -3.16. The molecule has 3 rings (SSSR count). The van der Waals surface area contributed by atoms with Gasteiger partial charge in [0.05, 0.1) is 4.92 Å². The summed E-state index contributed by atoms with van der Waals surface area (Å²) in [6.07, 6.45) is 6.49. The van der Waals surface area contributed by atoms with Crippen LogP contribution in [0.5, 0.6) is 0 Å². The van der Waals surface area contributed by atoms with Gasteiger partial charge in [-0.2, -0.15) is 0 Å². The Balaban J connectivity index is 1.52. The van der Waals surface area contributed by atoms with Crippen molar-refractivity contribution in [2.45, 2.75) is 44.6 Å². The minimum atomic E-state index is -0.732. The van der Waals surface area contributed by atoms with Crippen molar-refractivity contribution in [1.29, 1.82) is 0 Å². The lowest BCUT2D eigenvalue weighted by atomic mass is 10.1. The number of hydrogen-bond donors (Lipinski definition) is 1. The lowest BCUT2D eigenvalue weighted by Crippen LogP contribution is -2.37. The van der Waals surface area contributed by atoms with Crippen LogP contribution in [0.4, 0.5) is 5.69 Å². The van der Waals surface area contributed by atoms with Crippen LogP contribution in [0.2, 0.25) is 0 Å². The average molecular weight is 386 g/mol. The Kier molecular flexibility index (Phi) is 6.41. The molecule has 1 heterocycles. The molecule has 0 aliphatic heterocycles. The molecular weight excluding hydrogens is 364 g/mol. The number of nitro groups is 1. The Morgan fingerprint density at radius 3 is 2.39 bits per heavy atom.